The number of hydrogen-bond donors (Lipinski definition) is 1. The van der Waals surface area contributed by atoms with Crippen molar-refractivity contribution < 1.29 is 18.7 Å². The van der Waals surface area contributed by atoms with E-state index in [0.717, 1.165) is 31.2 Å². The third-order valence-corrected chi connectivity index (χ3v) is 4.53. The Hall–Kier alpha value is -1.95. The van der Waals surface area contributed by atoms with Gasteiger partial charge in [0, 0.05) is 0 Å². The molecule has 6 heteroatoms. The van der Waals surface area contributed by atoms with Crippen LogP contribution in [0.3, 0.4) is 0 Å². The number of hydrogen-bond acceptors (Lipinski definition) is 4. The number of nitrogens with one attached hydrogen (secondary N) is 1. The van der Waals surface area contributed by atoms with Gasteiger partial charge in [0.05, 0.1) is 25.7 Å². The third-order valence-electron chi connectivity index (χ3n) is 4.53. The molecule has 1 aliphatic rings. The quantitative estimate of drug-likeness (QED) is 0.733. The Bertz CT molecular complexity index is 571. The van der Waals surface area contributed by atoms with Crippen molar-refractivity contribution in [1.29, 1.82) is 0 Å². The number of amides is 1. The standard InChI is InChI=1S/C19H27FN2O3/c1-3-25-18(24)13-22(2)12-17(23)21-19(14-6-4-5-7-14)15-8-10-16(20)11-9-15/h8-11,14,19H,3-7,12-13H2,1-2H3,(H,21,23). The third kappa shape index (κ3) is 6.12. The van der Waals surface area contributed by atoms with Crippen molar-refractivity contribution in [2.75, 3.05) is 26.7 Å². The smallest absolute Gasteiger partial charge is 0.320 e. The van der Waals surface area contributed by atoms with Gasteiger partial charge in [-0.2, -0.15) is 0 Å². The van der Waals surface area contributed by atoms with Crippen LogP contribution in [0.2, 0.25) is 0 Å². The number of nitrogens with zero attached hydrogens (tertiary/aromatic N) is 1. The molecule has 1 N–H and O–H groups in total. The molecule has 0 aromatic heterocycles. The van der Waals surface area contributed by atoms with Crippen LogP contribution in [-0.2, 0) is 14.3 Å². The van der Waals surface area contributed by atoms with E-state index in [2.05, 4.69) is 5.32 Å². The van der Waals surface area contributed by atoms with Gasteiger partial charge < -0.3 is 10.1 Å². The second-order valence-corrected chi connectivity index (χ2v) is 6.62. The normalized spacial score (nSPS) is 16.0. The zero-order valence-electron chi connectivity index (χ0n) is 15.0. The Labute approximate surface area is 148 Å². The molecular weight excluding hydrogens is 323 g/mol. The van der Waals surface area contributed by atoms with Crippen molar-refractivity contribution in [3.63, 3.8) is 0 Å². The van der Waals surface area contributed by atoms with Crippen molar-refractivity contribution >= 4 is 11.9 Å². The lowest BCUT2D eigenvalue weighted by atomic mass is 9.91. The Morgan fingerprint density at radius 3 is 2.48 bits per heavy atom. The summed E-state index contributed by atoms with van der Waals surface area (Å²) in [4.78, 5) is 25.5. The van der Waals surface area contributed by atoms with E-state index in [4.69, 9.17) is 4.74 Å². The van der Waals surface area contributed by atoms with E-state index in [1.54, 1.807) is 31.0 Å². The average Bonchev–Trinajstić information content (AvgIpc) is 3.07. The van der Waals surface area contributed by atoms with Crippen molar-refractivity contribution in [3.05, 3.63) is 35.6 Å². The number of likely N-dealkylation sites (N-methyl/N-ethyl adjacent to an activating group) is 1. The molecule has 1 saturated carbocycles. The first kappa shape index (κ1) is 19.4. The molecule has 138 valence electrons. The van der Waals surface area contributed by atoms with Crippen LogP contribution in [0.1, 0.15) is 44.2 Å². The summed E-state index contributed by atoms with van der Waals surface area (Å²) in [6.07, 6.45) is 4.42. The topological polar surface area (TPSA) is 58.6 Å². The van der Waals surface area contributed by atoms with Crippen molar-refractivity contribution in [2.24, 2.45) is 5.92 Å². The summed E-state index contributed by atoms with van der Waals surface area (Å²) in [5.41, 5.74) is 0.926. The van der Waals surface area contributed by atoms with E-state index in [-0.39, 0.29) is 36.8 Å². The fourth-order valence-electron chi connectivity index (χ4n) is 3.38. The number of carbonyl (C=O) groups excluding carboxylic acids is 2. The highest BCUT2D eigenvalue weighted by Crippen LogP contribution is 2.35. The minimum absolute atomic E-state index is 0.0753. The van der Waals surface area contributed by atoms with Gasteiger partial charge in [-0.1, -0.05) is 25.0 Å². The highest BCUT2D eigenvalue weighted by atomic mass is 19.1. The lowest BCUT2D eigenvalue weighted by Gasteiger charge is -2.26. The minimum atomic E-state index is -0.344. The monoisotopic (exact) mass is 350 g/mol. The summed E-state index contributed by atoms with van der Waals surface area (Å²) >= 11 is 0. The molecule has 1 aromatic rings. The Kier molecular flexibility index (Phi) is 7.37. The Morgan fingerprint density at radius 1 is 1.24 bits per heavy atom. The van der Waals surface area contributed by atoms with Crippen LogP contribution in [0.25, 0.3) is 0 Å². The van der Waals surface area contributed by atoms with E-state index in [1.807, 2.05) is 0 Å². The van der Waals surface area contributed by atoms with Crippen LogP contribution < -0.4 is 5.32 Å². The lowest BCUT2D eigenvalue weighted by Crippen LogP contribution is -2.41. The number of rotatable bonds is 8. The van der Waals surface area contributed by atoms with Gasteiger partial charge in [0.15, 0.2) is 0 Å². The summed E-state index contributed by atoms with van der Waals surface area (Å²) in [6, 6.07) is 6.21. The summed E-state index contributed by atoms with van der Waals surface area (Å²) < 4.78 is 18.1. The molecule has 5 nitrogen and oxygen atoms in total. The molecule has 1 amide bonds. The second-order valence-electron chi connectivity index (χ2n) is 6.62. The highest BCUT2D eigenvalue weighted by Gasteiger charge is 2.28. The van der Waals surface area contributed by atoms with Gasteiger partial charge in [0.25, 0.3) is 0 Å². The van der Waals surface area contributed by atoms with Gasteiger partial charge in [-0.3, -0.25) is 14.5 Å². The first-order valence-corrected chi connectivity index (χ1v) is 8.88. The fourth-order valence-corrected chi connectivity index (χ4v) is 3.38. The summed E-state index contributed by atoms with van der Waals surface area (Å²) in [7, 11) is 1.71. The van der Waals surface area contributed by atoms with E-state index in [9.17, 15) is 14.0 Å². The number of ether oxygens (including phenoxy) is 1. The van der Waals surface area contributed by atoms with Gasteiger partial charge >= 0.3 is 5.97 Å². The number of esters is 1. The first-order chi connectivity index (χ1) is 12.0. The molecule has 0 heterocycles. The molecule has 1 unspecified atom stereocenters. The van der Waals surface area contributed by atoms with Crippen LogP contribution in [0, 0.1) is 11.7 Å². The number of benzene rings is 1. The molecule has 0 spiro atoms. The fraction of sp³-hybridized carbons (Fsp3) is 0.579. The predicted octanol–water partition coefficient (Wildman–Crippen LogP) is 2.67. The zero-order valence-corrected chi connectivity index (χ0v) is 15.0. The second kappa shape index (κ2) is 9.51. The number of carbonyl (C=O) groups is 2. The molecule has 0 radical (unpaired) electrons. The molecule has 25 heavy (non-hydrogen) atoms. The molecule has 1 fully saturated rings. The first-order valence-electron chi connectivity index (χ1n) is 8.88. The largest absolute Gasteiger partial charge is 0.465 e. The van der Waals surface area contributed by atoms with Gasteiger partial charge in [0.1, 0.15) is 5.82 Å². The van der Waals surface area contributed by atoms with Crippen LogP contribution in [-0.4, -0.2) is 43.5 Å². The molecule has 1 aromatic carbocycles. The van der Waals surface area contributed by atoms with Gasteiger partial charge in [-0.25, -0.2) is 4.39 Å². The molecule has 0 saturated heterocycles. The highest BCUT2D eigenvalue weighted by molar-refractivity contribution is 5.79. The molecule has 1 atom stereocenters. The van der Waals surface area contributed by atoms with Crippen molar-refractivity contribution in [1.82, 2.24) is 10.2 Å². The Morgan fingerprint density at radius 2 is 1.88 bits per heavy atom. The van der Waals surface area contributed by atoms with Gasteiger partial charge in [-0.05, 0) is 50.4 Å². The lowest BCUT2D eigenvalue weighted by molar-refractivity contribution is -0.144. The van der Waals surface area contributed by atoms with E-state index in [1.165, 1.54) is 12.1 Å². The molecule has 0 bridgehead atoms. The van der Waals surface area contributed by atoms with Crippen LogP contribution in [0.5, 0.6) is 0 Å². The maximum atomic E-state index is 13.2. The van der Waals surface area contributed by atoms with E-state index in [0.29, 0.717) is 12.5 Å². The van der Waals surface area contributed by atoms with E-state index >= 15 is 0 Å². The maximum Gasteiger partial charge on any atom is 0.320 e. The predicted molar refractivity (Wildman–Crippen MR) is 93.4 cm³/mol. The Balaban J connectivity index is 1.97. The van der Waals surface area contributed by atoms with E-state index < -0.39 is 0 Å². The summed E-state index contributed by atoms with van der Waals surface area (Å²) in [5.74, 6) is -0.407. The van der Waals surface area contributed by atoms with Crippen molar-refractivity contribution in [2.45, 2.75) is 38.6 Å². The SMILES string of the molecule is CCOC(=O)CN(C)CC(=O)NC(c1ccc(F)cc1)C1CCCC1. The molecule has 1 aliphatic carbocycles. The zero-order chi connectivity index (χ0) is 18.2. The molecular formula is C19H27FN2O3. The number of halogens is 1. The average molecular weight is 350 g/mol. The minimum Gasteiger partial charge on any atom is -0.465 e. The summed E-state index contributed by atoms with van der Waals surface area (Å²) in [5, 5.41) is 3.08. The maximum absolute atomic E-state index is 13.2. The van der Waals surface area contributed by atoms with Crippen molar-refractivity contribution in [3.8, 4) is 0 Å². The van der Waals surface area contributed by atoms with Gasteiger partial charge in [0.2, 0.25) is 5.91 Å². The molecule has 0 aliphatic heterocycles. The van der Waals surface area contributed by atoms with Gasteiger partial charge in [-0.15, -0.1) is 0 Å². The van der Waals surface area contributed by atoms with Crippen LogP contribution in [0.15, 0.2) is 24.3 Å². The van der Waals surface area contributed by atoms with Crippen LogP contribution in [0.4, 0.5) is 4.39 Å². The van der Waals surface area contributed by atoms with Crippen LogP contribution >= 0.6 is 0 Å². The molecule has 2 rings (SSSR count). The summed E-state index contributed by atoms with van der Waals surface area (Å²) in [6.45, 7) is 2.27.